The number of hydrogen-bond acceptors (Lipinski definition) is 1. The molecule has 2 heteroatoms. The second kappa shape index (κ2) is 4.86. The highest BCUT2D eigenvalue weighted by Crippen LogP contribution is 2.21. The van der Waals surface area contributed by atoms with Crippen molar-refractivity contribution in [2.24, 2.45) is 0 Å². The standard InChI is InChI=1S/C13H18NS/c1-3-12-6-8-13(9-7-12)15(2)14-10-4-5-11-14/h3,6-9H,1,4-5,10-11H2,2H3/q+1. The van der Waals surface area contributed by atoms with Gasteiger partial charge < -0.3 is 0 Å². The Hall–Kier alpha value is -0.730. The van der Waals surface area contributed by atoms with Crippen molar-refractivity contribution in [3.8, 4) is 0 Å². The van der Waals surface area contributed by atoms with Gasteiger partial charge in [0.1, 0.15) is 17.3 Å². The highest BCUT2D eigenvalue weighted by molar-refractivity contribution is 7.94. The minimum Gasteiger partial charge on any atom is -0.121 e. The maximum absolute atomic E-state index is 3.77. The molecule has 0 aromatic heterocycles. The Morgan fingerprint density at radius 1 is 1.20 bits per heavy atom. The summed E-state index contributed by atoms with van der Waals surface area (Å²) < 4.78 is 2.59. The molecule has 0 N–H and O–H groups in total. The second-order valence-electron chi connectivity index (χ2n) is 3.89. The molecule has 15 heavy (non-hydrogen) atoms. The summed E-state index contributed by atoms with van der Waals surface area (Å²) in [6.45, 7) is 6.31. The van der Waals surface area contributed by atoms with Crippen LogP contribution in [-0.2, 0) is 11.1 Å². The summed E-state index contributed by atoms with van der Waals surface area (Å²) in [6, 6.07) is 8.78. The van der Waals surface area contributed by atoms with E-state index < -0.39 is 0 Å². The molecule has 1 saturated heterocycles. The summed E-state index contributed by atoms with van der Waals surface area (Å²) in [5, 5.41) is 0. The van der Waals surface area contributed by atoms with Gasteiger partial charge >= 0.3 is 0 Å². The molecule has 1 aliphatic heterocycles. The lowest BCUT2D eigenvalue weighted by Crippen LogP contribution is -2.26. The van der Waals surface area contributed by atoms with E-state index in [0.29, 0.717) is 0 Å². The van der Waals surface area contributed by atoms with Gasteiger partial charge in [-0.2, -0.15) is 0 Å². The van der Waals surface area contributed by atoms with Gasteiger partial charge in [0.25, 0.3) is 0 Å². The second-order valence-corrected chi connectivity index (χ2v) is 5.83. The third-order valence-electron chi connectivity index (χ3n) is 2.91. The largest absolute Gasteiger partial charge is 0.175 e. The maximum atomic E-state index is 3.77. The number of rotatable bonds is 3. The van der Waals surface area contributed by atoms with Gasteiger partial charge in [0.2, 0.25) is 0 Å². The van der Waals surface area contributed by atoms with E-state index in [1.807, 2.05) is 6.08 Å². The first-order chi connectivity index (χ1) is 7.31. The Bertz CT molecular complexity index is 325. The van der Waals surface area contributed by atoms with E-state index in [2.05, 4.69) is 41.4 Å². The fourth-order valence-electron chi connectivity index (χ4n) is 1.91. The number of nitrogens with zero attached hydrogens (tertiary/aromatic N) is 1. The molecule has 0 aliphatic carbocycles. The zero-order chi connectivity index (χ0) is 10.7. The first-order valence-electron chi connectivity index (χ1n) is 5.45. The first kappa shape index (κ1) is 10.8. The molecule has 1 nitrogen and oxygen atoms in total. The summed E-state index contributed by atoms with van der Waals surface area (Å²) in [7, 11) is 0. The maximum Gasteiger partial charge on any atom is 0.175 e. The van der Waals surface area contributed by atoms with Gasteiger partial charge in [0.05, 0.1) is 0 Å². The SMILES string of the molecule is C=Cc1ccc([S+](C)N2CCCC2)cc1. The van der Waals surface area contributed by atoms with Crippen molar-refractivity contribution in [2.45, 2.75) is 17.7 Å². The van der Waals surface area contributed by atoms with E-state index in [0.717, 1.165) is 0 Å². The predicted octanol–water partition coefficient (Wildman–Crippen LogP) is 2.95. The molecule has 0 radical (unpaired) electrons. The van der Waals surface area contributed by atoms with Crippen LogP contribution in [-0.4, -0.2) is 23.7 Å². The minimum absolute atomic E-state index is 0.280. The summed E-state index contributed by atoms with van der Waals surface area (Å²) in [4.78, 5) is 1.45. The molecule has 80 valence electrons. The summed E-state index contributed by atoms with van der Waals surface area (Å²) >= 11 is 0.280. The van der Waals surface area contributed by atoms with Crippen LogP contribution >= 0.6 is 0 Å². The molecular formula is C13H18NS+. The summed E-state index contributed by atoms with van der Waals surface area (Å²) in [6.07, 6.45) is 6.95. The fraction of sp³-hybridized carbons (Fsp3) is 0.385. The Kier molecular flexibility index (Phi) is 3.49. The van der Waals surface area contributed by atoms with Crippen molar-refractivity contribution in [3.63, 3.8) is 0 Å². The van der Waals surface area contributed by atoms with Gasteiger partial charge in [-0.25, -0.2) is 0 Å². The van der Waals surface area contributed by atoms with Gasteiger partial charge in [-0.3, -0.25) is 0 Å². The van der Waals surface area contributed by atoms with Crippen LogP contribution in [0.25, 0.3) is 6.08 Å². The van der Waals surface area contributed by atoms with E-state index in [9.17, 15) is 0 Å². The van der Waals surface area contributed by atoms with Crippen LogP contribution in [0.15, 0.2) is 35.7 Å². The summed E-state index contributed by atoms with van der Waals surface area (Å²) in [5.74, 6) is 0. The van der Waals surface area contributed by atoms with Gasteiger partial charge in [0, 0.05) is 13.1 Å². The van der Waals surface area contributed by atoms with Crippen LogP contribution < -0.4 is 0 Å². The molecule has 2 rings (SSSR count). The van der Waals surface area contributed by atoms with Gasteiger partial charge in [-0.05, 0) is 42.7 Å². The van der Waals surface area contributed by atoms with Gasteiger partial charge in [0.15, 0.2) is 4.90 Å². The van der Waals surface area contributed by atoms with Crippen LogP contribution in [0.1, 0.15) is 18.4 Å². The predicted molar refractivity (Wildman–Crippen MR) is 68.9 cm³/mol. The molecule has 0 bridgehead atoms. The molecule has 1 atom stereocenters. The van der Waals surface area contributed by atoms with E-state index in [1.54, 1.807) is 0 Å². The monoisotopic (exact) mass is 220 g/mol. The molecule has 0 saturated carbocycles. The topological polar surface area (TPSA) is 3.24 Å². The Balaban J connectivity index is 2.10. The third-order valence-corrected chi connectivity index (χ3v) is 5.00. The zero-order valence-corrected chi connectivity index (χ0v) is 10.1. The molecular weight excluding hydrogens is 202 g/mol. The lowest BCUT2D eigenvalue weighted by Gasteiger charge is -2.12. The lowest BCUT2D eigenvalue weighted by atomic mass is 10.2. The van der Waals surface area contributed by atoms with Crippen molar-refractivity contribution >= 4 is 17.2 Å². The smallest absolute Gasteiger partial charge is 0.121 e. The van der Waals surface area contributed by atoms with Crippen molar-refractivity contribution in [3.05, 3.63) is 36.4 Å². The van der Waals surface area contributed by atoms with Crippen molar-refractivity contribution < 1.29 is 0 Å². The molecule has 1 aromatic carbocycles. The highest BCUT2D eigenvalue weighted by Gasteiger charge is 2.28. The van der Waals surface area contributed by atoms with E-state index in [4.69, 9.17) is 0 Å². The quantitative estimate of drug-likeness (QED) is 0.708. The third kappa shape index (κ3) is 2.44. The number of benzene rings is 1. The summed E-state index contributed by atoms with van der Waals surface area (Å²) in [5.41, 5.74) is 1.21. The van der Waals surface area contributed by atoms with Crippen LogP contribution in [0.3, 0.4) is 0 Å². The van der Waals surface area contributed by atoms with E-state index in [1.165, 1.54) is 36.4 Å². The molecule has 1 aliphatic rings. The minimum atomic E-state index is 0.280. The molecule has 0 amide bonds. The molecule has 1 aromatic rings. The van der Waals surface area contributed by atoms with Crippen molar-refractivity contribution in [1.82, 2.24) is 4.31 Å². The van der Waals surface area contributed by atoms with Crippen molar-refractivity contribution in [2.75, 3.05) is 19.3 Å². The Morgan fingerprint density at radius 2 is 1.80 bits per heavy atom. The lowest BCUT2D eigenvalue weighted by molar-refractivity contribution is 0.575. The van der Waals surface area contributed by atoms with E-state index >= 15 is 0 Å². The van der Waals surface area contributed by atoms with Crippen LogP contribution in [0.2, 0.25) is 0 Å². The van der Waals surface area contributed by atoms with E-state index in [-0.39, 0.29) is 11.1 Å². The molecule has 0 spiro atoms. The van der Waals surface area contributed by atoms with Crippen molar-refractivity contribution in [1.29, 1.82) is 0 Å². The Morgan fingerprint density at radius 3 is 2.33 bits per heavy atom. The Labute approximate surface area is 95.3 Å². The van der Waals surface area contributed by atoms with Gasteiger partial charge in [-0.15, -0.1) is 4.31 Å². The average Bonchev–Trinajstić information content (AvgIpc) is 2.82. The van der Waals surface area contributed by atoms with Crippen LogP contribution in [0.4, 0.5) is 0 Å². The number of hydrogen-bond donors (Lipinski definition) is 0. The fourth-order valence-corrected chi connectivity index (χ4v) is 3.55. The van der Waals surface area contributed by atoms with Gasteiger partial charge in [-0.1, -0.05) is 12.7 Å². The normalized spacial score (nSPS) is 19.0. The highest BCUT2D eigenvalue weighted by atomic mass is 32.2. The first-order valence-corrected chi connectivity index (χ1v) is 7.04. The van der Waals surface area contributed by atoms with Crippen LogP contribution in [0.5, 0.6) is 0 Å². The average molecular weight is 220 g/mol. The van der Waals surface area contributed by atoms with Crippen LogP contribution in [0, 0.1) is 0 Å². The zero-order valence-electron chi connectivity index (χ0n) is 9.28. The molecule has 1 heterocycles. The molecule has 1 unspecified atom stereocenters. The molecule has 1 fully saturated rings.